The number of hydrogen-bond donors (Lipinski definition) is 4. The first-order valence-corrected chi connectivity index (χ1v) is 12.6. The van der Waals surface area contributed by atoms with E-state index in [0.717, 1.165) is 35.7 Å². The van der Waals surface area contributed by atoms with Gasteiger partial charge in [-0.3, -0.25) is 9.32 Å². The summed E-state index contributed by atoms with van der Waals surface area (Å²) in [5.74, 6) is -1.18. The maximum Gasteiger partial charge on any atom is 0.469 e. The van der Waals surface area contributed by atoms with Crippen LogP contribution in [-0.2, 0) is 26.5 Å². The normalized spacial score (nSPS) is 13.6. The topological polar surface area (TPSA) is 131 Å². The number of nitrogens with two attached hydrogens (primary N) is 1. The fraction of sp³-hybridized carbons (Fsp3) is 0.240. The number of halogens is 3. The van der Waals surface area contributed by atoms with Crippen molar-refractivity contribution < 1.29 is 41.6 Å². The number of alkyl halides is 3. The standard InChI is InChI=1S/C25H26F3N2O6P/c1-24(29,16-36-37(32,33)34)23(31)30-22-12-11-20(15-21(22)25(26,27)28)35-14-13-17-7-9-19(10-8-17)18-5-3-2-4-6-18/h2-12,15H,13-14,16,29H2,1H3,(H,30,31)(H2,32,33,34)/t24-/m0/s1. The van der Waals surface area contributed by atoms with Gasteiger partial charge in [-0.25, -0.2) is 4.57 Å². The lowest BCUT2D eigenvalue weighted by Crippen LogP contribution is -2.52. The summed E-state index contributed by atoms with van der Waals surface area (Å²) in [6, 6.07) is 20.6. The van der Waals surface area contributed by atoms with Gasteiger partial charge >= 0.3 is 14.0 Å². The molecule has 198 valence electrons. The van der Waals surface area contributed by atoms with Gasteiger partial charge < -0.3 is 25.6 Å². The number of phosphoric ester groups is 1. The summed E-state index contributed by atoms with van der Waals surface area (Å²) in [5.41, 5.74) is 4.96. The zero-order valence-electron chi connectivity index (χ0n) is 19.7. The van der Waals surface area contributed by atoms with Gasteiger partial charge in [0.15, 0.2) is 0 Å². The fourth-order valence-electron chi connectivity index (χ4n) is 3.29. The summed E-state index contributed by atoms with van der Waals surface area (Å²) in [5, 5.41) is 2.05. The van der Waals surface area contributed by atoms with Crippen LogP contribution in [0.2, 0.25) is 0 Å². The molecule has 0 aliphatic rings. The number of phosphoric acid groups is 1. The first-order valence-electron chi connectivity index (χ1n) is 11.0. The van der Waals surface area contributed by atoms with Crippen molar-refractivity contribution in [3.8, 4) is 16.9 Å². The van der Waals surface area contributed by atoms with Gasteiger partial charge in [0.2, 0.25) is 5.91 Å². The summed E-state index contributed by atoms with van der Waals surface area (Å²) in [7, 11) is -4.93. The van der Waals surface area contributed by atoms with Crippen molar-refractivity contribution >= 4 is 19.4 Å². The van der Waals surface area contributed by atoms with Gasteiger partial charge in [-0.15, -0.1) is 0 Å². The Morgan fingerprint density at radius 2 is 1.62 bits per heavy atom. The van der Waals surface area contributed by atoms with Crippen LogP contribution in [0.25, 0.3) is 11.1 Å². The van der Waals surface area contributed by atoms with Crippen LogP contribution < -0.4 is 15.8 Å². The Labute approximate surface area is 211 Å². The van der Waals surface area contributed by atoms with E-state index in [9.17, 15) is 22.5 Å². The molecule has 37 heavy (non-hydrogen) atoms. The number of ether oxygens (including phenoxy) is 1. The zero-order chi connectivity index (χ0) is 27.3. The lowest BCUT2D eigenvalue weighted by atomic mass is 10.0. The van der Waals surface area contributed by atoms with Crippen molar-refractivity contribution in [2.24, 2.45) is 5.73 Å². The van der Waals surface area contributed by atoms with Gasteiger partial charge in [0.1, 0.15) is 11.3 Å². The van der Waals surface area contributed by atoms with Crippen LogP contribution in [0.3, 0.4) is 0 Å². The molecule has 12 heteroatoms. The van der Waals surface area contributed by atoms with Crippen molar-refractivity contribution in [1.29, 1.82) is 0 Å². The minimum Gasteiger partial charge on any atom is -0.493 e. The summed E-state index contributed by atoms with van der Waals surface area (Å²) in [6.07, 6.45) is -4.37. The number of carbonyl (C=O) groups excluding carboxylic acids is 1. The highest BCUT2D eigenvalue weighted by molar-refractivity contribution is 7.46. The van der Waals surface area contributed by atoms with E-state index in [0.29, 0.717) is 6.42 Å². The van der Waals surface area contributed by atoms with Gasteiger partial charge in [-0.1, -0.05) is 54.6 Å². The fourth-order valence-corrected chi connectivity index (χ4v) is 3.72. The van der Waals surface area contributed by atoms with Crippen LogP contribution in [0.1, 0.15) is 18.1 Å². The van der Waals surface area contributed by atoms with E-state index in [-0.39, 0.29) is 12.4 Å². The molecule has 1 atom stereocenters. The lowest BCUT2D eigenvalue weighted by molar-refractivity contribution is -0.137. The summed E-state index contributed by atoms with van der Waals surface area (Å²) < 4.78 is 61.6. The largest absolute Gasteiger partial charge is 0.493 e. The first kappa shape index (κ1) is 28.4. The van der Waals surface area contributed by atoms with E-state index < -0.39 is 43.3 Å². The van der Waals surface area contributed by atoms with E-state index in [1.54, 1.807) is 0 Å². The zero-order valence-corrected chi connectivity index (χ0v) is 20.6. The van der Waals surface area contributed by atoms with Gasteiger partial charge in [0.05, 0.1) is 24.5 Å². The maximum absolute atomic E-state index is 13.7. The van der Waals surface area contributed by atoms with Crippen LogP contribution in [0.15, 0.2) is 72.8 Å². The van der Waals surface area contributed by atoms with Gasteiger partial charge in [-0.2, -0.15) is 13.2 Å². The maximum atomic E-state index is 13.7. The second-order valence-corrected chi connectivity index (χ2v) is 9.74. The Balaban J connectivity index is 1.65. The number of rotatable bonds is 10. The molecule has 0 saturated carbocycles. The Hall–Kier alpha value is -3.21. The predicted octanol–water partition coefficient (Wildman–Crippen LogP) is 4.76. The van der Waals surface area contributed by atoms with Crippen molar-refractivity contribution in [3.05, 3.63) is 83.9 Å². The van der Waals surface area contributed by atoms with E-state index >= 15 is 0 Å². The number of amides is 1. The Morgan fingerprint density at radius 1 is 1.00 bits per heavy atom. The van der Waals surface area contributed by atoms with Gasteiger partial charge in [-0.05, 0) is 41.8 Å². The molecule has 8 nitrogen and oxygen atoms in total. The molecule has 0 unspecified atom stereocenters. The van der Waals surface area contributed by atoms with E-state index in [2.05, 4.69) is 4.52 Å². The molecule has 0 fully saturated rings. The molecular formula is C25H26F3N2O6P. The highest BCUT2D eigenvalue weighted by Gasteiger charge is 2.37. The third-order valence-corrected chi connectivity index (χ3v) is 5.78. The van der Waals surface area contributed by atoms with E-state index in [1.165, 1.54) is 6.07 Å². The minimum absolute atomic E-state index is 0.0495. The molecule has 0 saturated heterocycles. The average molecular weight is 538 g/mol. The van der Waals surface area contributed by atoms with Crippen LogP contribution in [0.4, 0.5) is 18.9 Å². The number of anilines is 1. The summed E-state index contributed by atoms with van der Waals surface area (Å²) in [4.78, 5) is 29.9. The minimum atomic E-state index is -4.93. The highest BCUT2D eigenvalue weighted by Crippen LogP contribution is 2.38. The molecule has 0 heterocycles. The molecule has 0 aromatic heterocycles. The second kappa shape index (κ2) is 11.5. The van der Waals surface area contributed by atoms with Gasteiger partial charge in [0, 0.05) is 6.42 Å². The van der Waals surface area contributed by atoms with Crippen LogP contribution in [0, 0.1) is 0 Å². The average Bonchev–Trinajstić information content (AvgIpc) is 2.83. The summed E-state index contributed by atoms with van der Waals surface area (Å²) in [6.45, 7) is 0.265. The van der Waals surface area contributed by atoms with Crippen molar-refractivity contribution in [2.75, 3.05) is 18.5 Å². The first-order chi connectivity index (χ1) is 17.2. The summed E-state index contributed by atoms with van der Waals surface area (Å²) >= 11 is 0. The Morgan fingerprint density at radius 3 is 2.22 bits per heavy atom. The molecule has 5 N–H and O–H groups in total. The molecule has 3 aromatic rings. The molecular weight excluding hydrogens is 512 g/mol. The van der Waals surface area contributed by atoms with Gasteiger partial charge in [0.25, 0.3) is 0 Å². The third kappa shape index (κ3) is 8.41. The van der Waals surface area contributed by atoms with Crippen LogP contribution >= 0.6 is 7.82 Å². The number of nitrogens with one attached hydrogen (secondary N) is 1. The van der Waals surface area contributed by atoms with E-state index in [1.807, 2.05) is 59.9 Å². The molecule has 3 aromatic carbocycles. The SMILES string of the molecule is C[C@](N)(COP(=O)(O)O)C(=O)Nc1ccc(OCCc2ccc(-c3ccccc3)cc2)cc1C(F)(F)F. The molecule has 0 bridgehead atoms. The third-order valence-electron chi connectivity index (χ3n) is 5.32. The molecule has 1 amide bonds. The molecule has 0 spiro atoms. The van der Waals surface area contributed by atoms with Crippen LogP contribution in [-0.4, -0.2) is 34.4 Å². The quantitative estimate of drug-likeness (QED) is 0.274. The molecule has 0 radical (unpaired) electrons. The lowest BCUT2D eigenvalue weighted by Gasteiger charge is -2.24. The number of hydrogen-bond acceptors (Lipinski definition) is 5. The van der Waals surface area contributed by atoms with Crippen molar-refractivity contribution in [3.63, 3.8) is 0 Å². The second-order valence-electron chi connectivity index (χ2n) is 8.50. The van der Waals surface area contributed by atoms with E-state index in [4.69, 9.17) is 20.3 Å². The Kier molecular flexibility index (Phi) is 8.78. The van der Waals surface area contributed by atoms with Crippen molar-refractivity contribution in [2.45, 2.75) is 25.1 Å². The number of carbonyl (C=O) groups is 1. The van der Waals surface area contributed by atoms with Crippen molar-refractivity contribution in [1.82, 2.24) is 0 Å². The molecule has 0 aliphatic heterocycles. The van der Waals surface area contributed by atoms with Crippen LogP contribution in [0.5, 0.6) is 5.75 Å². The Bertz CT molecular complexity index is 1260. The predicted molar refractivity (Wildman–Crippen MR) is 132 cm³/mol. The smallest absolute Gasteiger partial charge is 0.469 e. The monoisotopic (exact) mass is 538 g/mol. The number of benzene rings is 3. The molecule has 3 rings (SSSR count). The highest BCUT2D eigenvalue weighted by atomic mass is 31.2. The molecule has 0 aliphatic carbocycles.